The molecule has 0 aromatic heterocycles. The number of ether oxygens (including phenoxy) is 1. The fraction of sp³-hybridized carbons (Fsp3) is 0.333. The van der Waals surface area contributed by atoms with E-state index in [0.717, 1.165) is 43.9 Å². The van der Waals surface area contributed by atoms with Crippen LogP contribution in [0.5, 0.6) is 5.75 Å². The van der Waals surface area contributed by atoms with Gasteiger partial charge in [0.1, 0.15) is 5.75 Å². The van der Waals surface area contributed by atoms with Crippen LogP contribution in [0.3, 0.4) is 0 Å². The summed E-state index contributed by atoms with van der Waals surface area (Å²) in [6.07, 6.45) is 0. The number of benzene rings is 2. The number of methoxy groups -OCH3 is 1. The molecule has 0 spiro atoms. The van der Waals surface area contributed by atoms with E-state index in [1.807, 2.05) is 18.2 Å². The van der Waals surface area contributed by atoms with Crippen LogP contribution in [-0.2, 0) is 0 Å². The average Bonchev–Trinajstić information content (AvgIpc) is 2.74. The van der Waals surface area contributed by atoms with Crippen molar-refractivity contribution < 1.29 is 14.3 Å². The quantitative estimate of drug-likeness (QED) is 0.666. The largest absolute Gasteiger partial charge is 0.496 e. The molecule has 2 aromatic rings. The van der Waals surface area contributed by atoms with E-state index >= 15 is 0 Å². The van der Waals surface area contributed by atoms with Crippen molar-refractivity contribution in [3.05, 3.63) is 53.6 Å². The van der Waals surface area contributed by atoms with E-state index in [9.17, 15) is 9.59 Å². The summed E-state index contributed by atoms with van der Waals surface area (Å²) >= 11 is 0. The molecule has 2 amide bonds. The average molecular weight is 382 g/mol. The third-order valence-electron chi connectivity index (χ3n) is 4.87. The molecule has 1 aliphatic rings. The van der Waals surface area contributed by atoms with Crippen molar-refractivity contribution in [2.45, 2.75) is 0 Å². The summed E-state index contributed by atoms with van der Waals surface area (Å²) in [5.41, 5.74) is 8.08. The summed E-state index contributed by atoms with van der Waals surface area (Å²) < 4.78 is 5.17. The lowest BCUT2D eigenvalue weighted by Gasteiger charge is -2.27. The van der Waals surface area contributed by atoms with Gasteiger partial charge in [-0.2, -0.15) is 0 Å². The van der Waals surface area contributed by atoms with Gasteiger partial charge in [0.15, 0.2) is 0 Å². The Bertz CT molecular complexity index is 830. The molecule has 4 N–H and O–H groups in total. The van der Waals surface area contributed by atoms with Crippen LogP contribution in [0, 0.1) is 0 Å². The topological polar surface area (TPSA) is 96.7 Å². The van der Waals surface area contributed by atoms with Crippen LogP contribution in [0.15, 0.2) is 42.5 Å². The first-order valence-electron chi connectivity index (χ1n) is 9.38. The van der Waals surface area contributed by atoms with Gasteiger partial charge in [0, 0.05) is 44.8 Å². The molecule has 1 aliphatic heterocycles. The fourth-order valence-electron chi connectivity index (χ4n) is 3.26. The van der Waals surface area contributed by atoms with Gasteiger partial charge in [0.2, 0.25) is 0 Å². The molecule has 0 radical (unpaired) electrons. The number of rotatable bonds is 7. The van der Waals surface area contributed by atoms with Crippen molar-refractivity contribution in [2.75, 3.05) is 46.4 Å². The second-order valence-corrected chi connectivity index (χ2v) is 6.70. The standard InChI is InChI=1S/C21H26N4O3/c1-28-19-7-6-17(14-18(19)20(22)26)15-2-4-16(5-3-15)21(27)24-10-13-25-11-8-23-9-12-25/h2-7,14,23H,8-13H2,1H3,(H2,22,26)(H,24,27). The lowest BCUT2D eigenvalue weighted by Crippen LogP contribution is -2.46. The maximum atomic E-state index is 12.3. The molecule has 7 heteroatoms. The Hall–Kier alpha value is -2.90. The van der Waals surface area contributed by atoms with Crippen LogP contribution in [0.4, 0.5) is 0 Å². The minimum absolute atomic E-state index is 0.0887. The molecular weight excluding hydrogens is 356 g/mol. The Balaban J connectivity index is 1.62. The number of nitrogens with two attached hydrogens (primary N) is 1. The number of carbonyl (C=O) groups excluding carboxylic acids is 2. The van der Waals surface area contributed by atoms with Gasteiger partial charge in [-0.3, -0.25) is 14.5 Å². The normalized spacial score (nSPS) is 14.5. The third kappa shape index (κ3) is 4.88. The molecule has 1 heterocycles. The first-order valence-corrected chi connectivity index (χ1v) is 9.38. The summed E-state index contributed by atoms with van der Waals surface area (Å²) in [6, 6.07) is 12.5. The molecule has 2 aromatic carbocycles. The van der Waals surface area contributed by atoms with Gasteiger partial charge in [-0.15, -0.1) is 0 Å². The van der Waals surface area contributed by atoms with Gasteiger partial charge in [-0.1, -0.05) is 18.2 Å². The SMILES string of the molecule is COc1ccc(-c2ccc(C(=O)NCCN3CCNCC3)cc2)cc1C(N)=O. The first-order chi connectivity index (χ1) is 13.6. The number of nitrogens with one attached hydrogen (secondary N) is 2. The Morgan fingerprint density at radius 1 is 1.11 bits per heavy atom. The van der Waals surface area contributed by atoms with Crippen molar-refractivity contribution in [1.82, 2.24) is 15.5 Å². The minimum Gasteiger partial charge on any atom is -0.496 e. The number of nitrogens with zero attached hydrogens (tertiary/aromatic N) is 1. The number of piperazine rings is 1. The predicted molar refractivity (Wildman–Crippen MR) is 109 cm³/mol. The lowest BCUT2D eigenvalue weighted by molar-refractivity contribution is 0.0946. The van der Waals surface area contributed by atoms with Gasteiger partial charge in [0.05, 0.1) is 12.7 Å². The van der Waals surface area contributed by atoms with Crippen molar-refractivity contribution in [1.29, 1.82) is 0 Å². The van der Waals surface area contributed by atoms with E-state index in [4.69, 9.17) is 10.5 Å². The monoisotopic (exact) mass is 382 g/mol. The zero-order valence-electron chi connectivity index (χ0n) is 16.0. The van der Waals surface area contributed by atoms with Crippen molar-refractivity contribution in [2.24, 2.45) is 5.73 Å². The highest BCUT2D eigenvalue weighted by atomic mass is 16.5. The Morgan fingerprint density at radius 3 is 2.43 bits per heavy atom. The molecule has 0 atom stereocenters. The highest BCUT2D eigenvalue weighted by molar-refractivity contribution is 5.97. The molecule has 0 aliphatic carbocycles. The Kier molecular flexibility index (Phi) is 6.62. The Morgan fingerprint density at radius 2 is 1.79 bits per heavy atom. The van der Waals surface area contributed by atoms with Crippen molar-refractivity contribution in [3.63, 3.8) is 0 Å². The smallest absolute Gasteiger partial charge is 0.252 e. The molecule has 148 valence electrons. The molecule has 1 saturated heterocycles. The van der Waals surface area contributed by atoms with Gasteiger partial charge < -0.3 is 21.1 Å². The molecular formula is C21H26N4O3. The van der Waals surface area contributed by atoms with Crippen LogP contribution in [-0.4, -0.2) is 63.1 Å². The number of hydrogen-bond acceptors (Lipinski definition) is 5. The van der Waals surface area contributed by atoms with E-state index in [2.05, 4.69) is 15.5 Å². The second-order valence-electron chi connectivity index (χ2n) is 6.70. The lowest BCUT2D eigenvalue weighted by atomic mass is 10.0. The summed E-state index contributed by atoms with van der Waals surface area (Å²) in [5.74, 6) is -0.190. The number of primary amides is 1. The van der Waals surface area contributed by atoms with E-state index in [1.165, 1.54) is 7.11 Å². The van der Waals surface area contributed by atoms with E-state index in [1.54, 1.807) is 24.3 Å². The summed E-state index contributed by atoms with van der Waals surface area (Å²) in [7, 11) is 1.50. The molecule has 0 unspecified atom stereocenters. The predicted octanol–water partition coefficient (Wildman–Crippen LogP) is 1.10. The van der Waals surface area contributed by atoms with Gasteiger partial charge in [-0.25, -0.2) is 0 Å². The summed E-state index contributed by atoms with van der Waals surface area (Å²) in [5, 5.41) is 6.28. The van der Waals surface area contributed by atoms with Crippen LogP contribution in [0.2, 0.25) is 0 Å². The molecule has 0 saturated carbocycles. The summed E-state index contributed by atoms with van der Waals surface area (Å²) in [6.45, 7) is 5.50. The van der Waals surface area contributed by atoms with Gasteiger partial charge >= 0.3 is 0 Å². The van der Waals surface area contributed by atoms with Crippen molar-refractivity contribution in [3.8, 4) is 16.9 Å². The number of hydrogen-bond donors (Lipinski definition) is 3. The maximum absolute atomic E-state index is 12.3. The number of carbonyl (C=O) groups is 2. The third-order valence-corrected chi connectivity index (χ3v) is 4.87. The van der Waals surface area contributed by atoms with E-state index in [0.29, 0.717) is 23.4 Å². The minimum atomic E-state index is -0.542. The van der Waals surface area contributed by atoms with E-state index < -0.39 is 5.91 Å². The highest BCUT2D eigenvalue weighted by Crippen LogP contribution is 2.26. The highest BCUT2D eigenvalue weighted by Gasteiger charge is 2.12. The maximum Gasteiger partial charge on any atom is 0.252 e. The van der Waals surface area contributed by atoms with Crippen molar-refractivity contribution >= 4 is 11.8 Å². The second kappa shape index (κ2) is 9.34. The molecule has 3 rings (SSSR count). The fourth-order valence-corrected chi connectivity index (χ4v) is 3.26. The van der Waals surface area contributed by atoms with Crippen LogP contribution in [0.25, 0.3) is 11.1 Å². The molecule has 0 bridgehead atoms. The summed E-state index contributed by atoms with van der Waals surface area (Å²) in [4.78, 5) is 26.3. The van der Waals surface area contributed by atoms with Gasteiger partial charge in [-0.05, 0) is 35.4 Å². The molecule has 7 nitrogen and oxygen atoms in total. The molecule has 1 fully saturated rings. The van der Waals surface area contributed by atoms with Crippen LogP contribution < -0.4 is 21.1 Å². The zero-order valence-corrected chi connectivity index (χ0v) is 16.0. The van der Waals surface area contributed by atoms with Crippen LogP contribution >= 0.6 is 0 Å². The first kappa shape index (κ1) is 19.9. The van der Waals surface area contributed by atoms with E-state index in [-0.39, 0.29) is 5.91 Å². The van der Waals surface area contributed by atoms with Crippen LogP contribution in [0.1, 0.15) is 20.7 Å². The number of amides is 2. The zero-order chi connectivity index (χ0) is 19.9. The molecule has 28 heavy (non-hydrogen) atoms. The Labute approximate surface area is 164 Å². The van der Waals surface area contributed by atoms with Gasteiger partial charge in [0.25, 0.3) is 11.8 Å².